The summed E-state index contributed by atoms with van der Waals surface area (Å²) in [6.07, 6.45) is 5.93. The maximum Gasteiger partial charge on any atom is 0.232 e. The first kappa shape index (κ1) is 22.8. The molecule has 1 saturated heterocycles. The molecule has 1 amide bonds. The minimum absolute atomic E-state index is 0.184. The van der Waals surface area contributed by atoms with Crippen molar-refractivity contribution < 1.29 is 18.7 Å². The first-order valence-corrected chi connectivity index (χ1v) is 10.8. The van der Waals surface area contributed by atoms with Crippen LogP contribution in [0.15, 0.2) is 55.1 Å². The molecule has 5 nitrogen and oxygen atoms in total. The summed E-state index contributed by atoms with van der Waals surface area (Å²) < 4.78 is 24.7. The van der Waals surface area contributed by atoms with Crippen molar-refractivity contribution in [2.75, 3.05) is 38.7 Å². The van der Waals surface area contributed by atoms with E-state index >= 15 is 0 Å². The standard InChI is InChI=1S/C25H31FN2O3/c1-3-7-22(19-8-10-20(26)11-9-19)25(29)27-21-12-13-23(30-2)24(18-21)31-17-16-28-14-5-4-6-15-28/h3,8-13,18,22H,1,4-7,14-17H2,2H3,(H,27,29). The predicted octanol–water partition coefficient (Wildman–Crippen LogP) is 5.00. The Morgan fingerprint density at radius 1 is 1.16 bits per heavy atom. The number of hydrogen-bond donors (Lipinski definition) is 1. The second-order valence-electron chi connectivity index (χ2n) is 7.73. The molecule has 1 aliphatic heterocycles. The van der Waals surface area contributed by atoms with Gasteiger partial charge in [0.25, 0.3) is 0 Å². The van der Waals surface area contributed by atoms with Crippen molar-refractivity contribution >= 4 is 11.6 Å². The van der Waals surface area contributed by atoms with Crippen LogP contribution in [-0.2, 0) is 4.79 Å². The fourth-order valence-corrected chi connectivity index (χ4v) is 3.82. The molecule has 1 aliphatic rings. The Morgan fingerprint density at radius 2 is 1.90 bits per heavy atom. The van der Waals surface area contributed by atoms with Crippen LogP contribution in [-0.4, -0.2) is 44.2 Å². The minimum Gasteiger partial charge on any atom is -0.493 e. The van der Waals surface area contributed by atoms with E-state index in [9.17, 15) is 9.18 Å². The summed E-state index contributed by atoms with van der Waals surface area (Å²) >= 11 is 0. The van der Waals surface area contributed by atoms with E-state index < -0.39 is 5.92 Å². The molecule has 0 bridgehead atoms. The summed E-state index contributed by atoms with van der Waals surface area (Å²) in [4.78, 5) is 15.3. The molecule has 0 aromatic heterocycles. The molecule has 3 rings (SSSR count). The van der Waals surface area contributed by atoms with Gasteiger partial charge in [0.1, 0.15) is 12.4 Å². The van der Waals surface area contributed by atoms with Gasteiger partial charge in [0.2, 0.25) is 5.91 Å². The zero-order chi connectivity index (χ0) is 22.1. The van der Waals surface area contributed by atoms with E-state index in [-0.39, 0.29) is 11.7 Å². The smallest absolute Gasteiger partial charge is 0.232 e. The van der Waals surface area contributed by atoms with Gasteiger partial charge >= 0.3 is 0 Å². The third kappa shape index (κ3) is 6.56. The van der Waals surface area contributed by atoms with Gasteiger partial charge in [-0.3, -0.25) is 9.69 Å². The number of benzene rings is 2. The molecule has 1 N–H and O–H groups in total. The van der Waals surface area contributed by atoms with Crippen molar-refractivity contribution in [1.82, 2.24) is 4.90 Å². The normalized spacial score (nSPS) is 15.2. The molecular weight excluding hydrogens is 395 g/mol. The number of nitrogens with zero attached hydrogens (tertiary/aromatic N) is 1. The van der Waals surface area contributed by atoms with E-state index in [0.29, 0.717) is 30.2 Å². The monoisotopic (exact) mass is 426 g/mol. The topological polar surface area (TPSA) is 50.8 Å². The predicted molar refractivity (Wildman–Crippen MR) is 121 cm³/mol. The highest BCUT2D eigenvalue weighted by Gasteiger charge is 2.20. The Morgan fingerprint density at radius 3 is 2.58 bits per heavy atom. The molecule has 2 aromatic carbocycles. The van der Waals surface area contributed by atoms with Gasteiger partial charge in [0, 0.05) is 18.3 Å². The van der Waals surface area contributed by atoms with Crippen LogP contribution in [0.3, 0.4) is 0 Å². The molecule has 1 atom stereocenters. The Hall–Kier alpha value is -2.86. The second kappa shape index (κ2) is 11.5. The Balaban J connectivity index is 1.66. The van der Waals surface area contributed by atoms with Gasteiger partial charge in [-0.15, -0.1) is 6.58 Å². The van der Waals surface area contributed by atoms with E-state index in [1.54, 1.807) is 43.5 Å². The van der Waals surface area contributed by atoms with Crippen LogP contribution in [0.2, 0.25) is 0 Å². The number of halogens is 1. The number of hydrogen-bond acceptors (Lipinski definition) is 4. The molecule has 2 aromatic rings. The highest BCUT2D eigenvalue weighted by molar-refractivity contribution is 5.96. The van der Waals surface area contributed by atoms with Crippen LogP contribution in [0.5, 0.6) is 11.5 Å². The number of amides is 1. The SMILES string of the molecule is C=CCC(C(=O)Nc1ccc(OC)c(OCCN2CCCCC2)c1)c1ccc(F)cc1. The molecule has 0 aliphatic carbocycles. The van der Waals surface area contributed by atoms with E-state index in [0.717, 1.165) is 25.2 Å². The lowest BCUT2D eigenvalue weighted by molar-refractivity contribution is -0.117. The van der Waals surface area contributed by atoms with Crippen LogP contribution in [0.1, 0.15) is 37.2 Å². The molecule has 1 unspecified atom stereocenters. The summed E-state index contributed by atoms with van der Waals surface area (Å²) in [5.41, 5.74) is 1.36. The van der Waals surface area contributed by atoms with Crippen molar-refractivity contribution in [3.63, 3.8) is 0 Å². The van der Waals surface area contributed by atoms with Gasteiger partial charge < -0.3 is 14.8 Å². The van der Waals surface area contributed by atoms with E-state index in [1.807, 2.05) is 0 Å². The molecular formula is C25H31FN2O3. The highest BCUT2D eigenvalue weighted by atomic mass is 19.1. The molecule has 0 radical (unpaired) electrons. The average molecular weight is 427 g/mol. The van der Waals surface area contributed by atoms with Crippen molar-refractivity contribution in [2.45, 2.75) is 31.6 Å². The highest BCUT2D eigenvalue weighted by Crippen LogP contribution is 2.31. The van der Waals surface area contributed by atoms with Gasteiger partial charge in [0.05, 0.1) is 13.0 Å². The molecule has 0 saturated carbocycles. The Labute approximate surface area is 183 Å². The van der Waals surface area contributed by atoms with Crippen molar-refractivity contribution in [3.05, 3.63) is 66.5 Å². The number of allylic oxidation sites excluding steroid dienone is 1. The second-order valence-corrected chi connectivity index (χ2v) is 7.73. The van der Waals surface area contributed by atoms with E-state index in [4.69, 9.17) is 9.47 Å². The number of piperidine rings is 1. The van der Waals surface area contributed by atoms with Crippen LogP contribution in [0.4, 0.5) is 10.1 Å². The van der Waals surface area contributed by atoms with Crippen LogP contribution < -0.4 is 14.8 Å². The third-order valence-electron chi connectivity index (χ3n) is 5.54. The zero-order valence-corrected chi connectivity index (χ0v) is 18.1. The maximum absolute atomic E-state index is 13.3. The first-order valence-electron chi connectivity index (χ1n) is 10.8. The number of ether oxygens (including phenoxy) is 2. The number of methoxy groups -OCH3 is 1. The van der Waals surface area contributed by atoms with Gasteiger partial charge in [-0.1, -0.05) is 24.6 Å². The summed E-state index contributed by atoms with van der Waals surface area (Å²) in [5.74, 6) is 0.250. The molecule has 166 valence electrons. The third-order valence-corrected chi connectivity index (χ3v) is 5.54. The lowest BCUT2D eigenvalue weighted by atomic mass is 9.94. The van der Waals surface area contributed by atoms with Crippen molar-refractivity contribution in [2.24, 2.45) is 0 Å². The van der Waals surface area contributed by atoms with Gasteiger partial charge in [-0.05, 0) is 62.2 Å². The first-order chi connectivity index (χ1) is 15.1. The fourth-order valence-electron chi connectivity index (χ4n) is 3.82. The van der Waals surface area contributed by atoms with E-state index in [1.165, 1.54) is 31.4 Å². The summed E-state index contributed by atoms with van der Waals surface area (Å²) in [5, 5.41) is 2.94. The van der Waals surface area contributed by atoms with Gasteiger partial charge in [0.15, 0.2) is 11.5 Å². The van der Waals surface area contributed by atoms with Gasteiger partial charge in [-0.2, -0.15) is 0 Å². The van der Waals surface area contributed by atoms with Crippen LogP contribution in [0.25, 0.3) is 0 Å². The lowest BCUT2D eigenvalue weighted by Gasteiger charge is -2.26. The molecule has 0 spiro atoms. The fraction of sp³-hybridized carbons (Fsp3) is 0.400. The summed E-state index contributed by atoms with van der Waals surface area (Å²) in [6.45, 7) is 7.40. The number of carbonyl (C=O) groups excluding carboxylic acids is 1. The number of likely N-dealkylation sites (tertiary alicyclic amines) is 1. The minimum atomic E-state index is -0.455. The average Bonchev–Trinajstić information content (AvgIpc) is 2.79. The van der Waals surface area contributed by atoms with Crippen LogP contribution in [0, 0.1) is 5.82 Å². The molecule has 1 fully saturated rings. The number of rotatable bonds is 10. The van der Waals surface area contributed by atoms with Crippen molar-refractivity contribution in [1.29, 1.82) is 0 Å². The summed E-state index contributed by atoms with van der Waals surface area (Å²) in [7, 11) is 1.60. The molecule has 6 heteroatoms. The number of anilines is 1. The number of nitrogens with one attached hydrogen (secondary N) is 1. The number of carbonyl (C=O) groups is 1. The quantitative estimate of drug-likeness (QED) is 0.544. The van der Waals surface area contributed by atoms with E-state index in [2.05, 4.69) is 16.8 Å². The largest absolute Gasteiger partial charge is 0.493 e. The lowest BCUT2D eigenvalue weighted by Crippen LogP contribution is -2.33. The Bertz CT molecular complexity index is 864. The Kier molecular flexibility index (Phi) is 8.47. The van der Waals surface area contributed by atoms with Crippen molar-refractivity contribution in [3.8, 4) is 11.5 Å². The maximum atomic E-state index is 13.3. The van der Waals surface area contributed by atoms with Gasteiger partial charge in [-0.25, -0.2) is 4.39 Å². The molecule has 31 heavy (non-hydrogen) atoms. The molecule has 1 heterocycles. The van der Waals surface area contributed by atoms with Crippen LogP contribution >= 0.6 is 0 Å². The summed E-state index contributed by atoms with van der Waals surface area (Å²) in [6, 6.07) is 11.3. The zero-order valence-electron chi connectivity index (χ0n) is 18.1.